The van der Waals surface area contributed by atoms with Crippen LogP contribution in [0.5, 0.6) is 0 Å². The van der Waals surface area contributed by atoms with Gasteiger partial charge in [0.2, 0.25) is 0 Å². The molecule has 3 nitrogen and oxygen atoms in total. The number of hydrogen-bond acceptors (Lipinski definition) is 3. The summed E-state index contributed by atoms with van der Waals surface area (Å²) in [7, 11) is 0. The van der Waals surface area contributed by atoms with Gasteiger partial charge in [-0.25, -0.2) is 0 Å². The van der Waals surface area contributed by atoms with Crippen molar-refractivity contribution in [3.8, 4) is 0 Å². The highest BCUT2D eigenvalue weighted by molar-refractivity contribution is 5.25. The molecule has 1 aliphatic rings. The molecule has 0 spiro atoms. The molecule has 1 aliphatic heterocycles. The summed E-state index contributed by atoms with van der Waals surface area (Å²) in [6.45, 7) is 8.76. The molecule has 1 aromatic rings. The molecule has 0 bridgehead atoms. The highest BCUT2D eigenvalue weighted by Gasteiger charge is 2.25. The summed E-state index contributed by atoms with van der Waals surface area (Å²) in [6.07, 6.45) is 0. The first-order chi connectivity index (χ1) is 8.72. The number of benzene rings is 1. The van der Waals surface area contributed by atoms with Gasteiger partial charge in [0.15, 0.2) is 0 Å². The lowest BCUT2D eigenvalue weighted by Crippen LogP contribution is -2.49. The molecular formula is C15H24N2O. The van der Waals surface area contributed by atoms with Crippen LogP contribution in [0.2, 0.25) is 0 Å². The van der Waals surface area contributed by atoms with E-state index in [-0.39, 0.29) is 0 Å². The highest BCUT2D eigenvalue weighted by Crippen LogP contribution is 2.23. The maximum absolute atomic E-state index is 5.99. The Morgan fingerprint density at radius 3 is 2.39 bits per heavy atom. The van der Waals surface area contributed by atoms with Crippen LogP contribution in [0.1, 0.15) is 24.0 Å². The number of aryl methyl sites for hydroxylation is 1. The van der Waals surface area contributed by atoms with Crippen LogP contribution in [0.15, 0.2) is 24.3 Å². The van der Waals surface area contributed by atoms with Gasteiger partial charge in [-0.3, -0.25) is 4.90 Å². The zero-order valence-electron chi connectivity index (χ0n) is 11.4. The predicted octanol–water partition coefficient (Wildman–Crippen LogP) is 1.76. The van der Waals surface area contributed by atoms with E-state index in [2.05, 4.69) is 43.0 Å². The van der Waals surface area contributed by atoms with Gasteiger partial charge in [-0.2, -0.15) is 0 Å². The molecule has 1 saturated heterocycles. The molecule has 2 N–H and O–H groups in total. The highest BCUT2D eigenvalue weighted by atomic mass is 16.5. The van der Waals surface area contributed by atoms with Crippen LogP contribution >= 0.6 is 0 Å². The standard InChI is InChI=1S/C15H24N2O/c1-12-3-5-14(6-4-12)13(2)15(11-16)17-7-9-18-10-8-17/h3-6,13,15H,7-11,16H2,1-2H3. The summed E-state index contributed by atoms with van der Waals surface area (Å²) in [4.78, 5) is 2.47. The first kappa shape index (κ1) is 13.5. The van der Waals surface area contributed by atoms with Crippen molar-refractivity contribution < 1.29 is 4.74 Å². The Hall–Kier alpha value is -0.900. The zero-order chi connectivity index (χ0) is 13.0. The third-order valence-electron chi connectivity index (χ3n) is 3.94. The van der Waals surface area contributed by atoms with Crippen molar-refractivity contribution in [3.63, 3.8) is 0 Å². The largest absolute Gasteiger partial charge is 0.379 e. The van der Waals surface area contributed by atoms with Gasteiger partial charge in [-0.05, 0) is 18.4 Å². The summed E-state index contributed by atoms with van der Waals surface area (Å²) in [5.74, 6) is 0.466. The quantitative estimate of drug-likeness (QED) is 0.882. The molecule has 1 aromatic carbocycles. The van der Waals surface area contributed by atoms with E-state index in [1.165, 1.54) is 11.1 Å². The predicted molar refractivity (Wildman–Crippen MR) is 74.8 cm³/mol. The van der Waals surface area contributed by atoms with Crippen molar-refractivity contribution in [2.24, 2.45) is 5.73 Å². The van der Waals surface area contributed by atoms with Gasteiger partial charge in [0.1, 0.15) is 0 Å². The number of morpholine rings is 1. The second kappa shape index (κ2) is 6.32. The molecular weight excluding hydrogens is 224 g/mol. The van der Waals surface area contributed by atoms with Crippen molar-refractivity contribution in [1.29, 1.82) is 0 Å². The summed E-state index contributed by atoms with van der Waals surface area (Å²) < 4.78 is 5.41. The van der Waals surface area contributed by atoms with E-state index in [0.29, 0.717) is 18.5 Å². The van der Waals surface area contributed by atoms with E-state index >= 15 is 0 Å². The van der Waals surface area contributed by atoms with Gasteiger partial charge in [0.25, 0.3) is 0 Å². The molecule has 1 fully saturated rings. The number of ether oxygens (including phenoxy) is 1. The van der Waals surface area contributed by atoms with E-state index in [9.17, 15) is 0 Å². The van der Waals surface area contributed by atoms with Crippen LogP contribution in [0.25, 0.3) is 0 Å². The van der Waals surface area contributed by atoms with Crippen LogP contribution in [0, 0.1) is 6.92 Å². The molecule has 2 rings (SSSR count). The summed E-state index contributed by atoms with van der Waals surface area (Å²) >= 11 is 0. The number of rotatable bonds is 4. The molecule has 0 amide bonds. The molecule has 100 valence electrons. The minimum atomic E-state index is 0.414. The lowest BCUT2D eigenvalue weighted by atomic mass is 9.91. The van der Waals surface area contributed by atoms with Gasteiger partial charge in [0.05, 0.1) is 13.2 Å². The lowest BCUT2D eigenvalue weighted by molar-refractivity contribution is 0.0137. The SMILES string of the molecule is Cc1ccc(C(C)C(CN)N2CCOCC2)cc1. The van der Waals surface area contributed by atoms with E-state index in [4.69, 9.17) is 10.5 Å². The van der Waals surface area contributed by atoms with Crippen molar-refractivity contribution in [3.05, 3.63) is 35.4 Å². The molecule has 1 heterocycles. The van der Waals surface area contributed by atoms with E-state index in [1.54, 1.807) is 0 Å². The number of hydrogen-bond donors (Lipinski definition) is 1. The third kappa shape index (κ3) is 3.10. The average molecular weight is 248 g/mol. The van der Waals surface area contributed by atoms with E-state index < -0.39 is 0 Å². The number of nitrogens with two attached hydrogens (primary N) is 1. The minimum Gasteiger partial charge on any atom is -0.379 e. The summed E-state index contributed by atoms with van der Waals surface area (Å²) in [5.41, 5.74) is 8.67. The Labute approximate surface area is 110 Å². The molecule has 3 heteroatoms. The first-order valence-corrected chi connectivity index (χ1v) is 6.81. The maximum atomic E-state index is 5.99. The fourth-order valence-electron chi connectivity index (χ4n) is 2.67. The van der Waals surface area contributed by atoms with Crippen LogP contribution in [-0.4, -0.2) is 43.8 Å². The minimum absolute atomic E-state index is 0.414. The van der Waals surface area contributed by atoms with E-state index in [1.807, 2.05) is 0 Å². The van der Waals surface area contributed by atoms with Gasteiger partial charge in [-0.15, -0.1) is 0 Å². The zero-order valence-corrected chi connectivity index (χ0v) is 11.4. The van der Waals surface area contributed by atoms with Gasteiger partial charge in [-0.1, -0.05) is 36.8 Å². The second-order valence-electron chi connectivity index (χ2n) is 5.15. The van der Waals surface area contributed by atoms with Crippen LogP contribution < -0.4 is 5.73 Å². The first-order valence-electron chi connectivity index (χ1n) is 6.81. The van der Waals surface area contributed by atoms with Crippen LogP contribution in [-0.2, 0) is 4.74 Å². The fraction of sp³-hybridized carbons (Fsp3) is 0.600. The summed E-state index contributed by atoms with van der Waals surface area (Å²) in [6, 6.07) is 9.22. The molecule has 0 aromatic heterocycles. The van der Waals surface area contributed by atoms with Gasteiger partial charge >= 0.3 is 0 Å². The topological polar surface area (TPSA) is 38.5 Å². The molecule has 0 aliphatic carbocycles. The third-order valence-corrected chi connectivity index (χ3v) is 3.94. The average Bonchev–Trinajstić information content (AvgIpc) is 2.41. The Bertz CT molecular complexity index is 357. The molecule has 2 unspecified atom stereocenters. The van der Waals surface area contributed by atoms with Gasteiger partial charge in [0, 0.05) is 25.7 Å². The number of nitrogens with zero attached hydrogens (tertiary/aromatic N) is 1. The Kier molecular flexibility index (Phi) is 4.75. The second-order valence-corrected chi connectivity index (χ2v) is 5.15. The summed E-state index contributed by atoms with van der Waals surface area (Å²) in [5, 5.41) is 0. The van der Waals surface area contributed by atoms with Crippen molar-refractivity contribution in [2.75, 3.05) is 32.8 Å². The van der Waals surface area contributed by atoms with Crippen LogP contribution in [0.4, 0.5) is 0 Å². The fourth-order valence-corrected chi connectivity index (χ4v) is 2.67. The van der Waals surface area contributed by atoms with Gasteiger partial charge < -0.3 is 10.5 Å². The van der Waals surface area contributed by atoms with Crippen molar-refractivity contribution >= 4 is 0 Å². The molecule has 0 radical (unpaired) electrons. The van der Waals surface area contributed by atoms with Crippen molar-refractivity contribution in [1.82, 2.24) is 4.90 Å². The molecule has 18 heavy (non-hydrogen) atoms. The maximum Gasteiger partial charge on any atom is 0.0594 e. The normalized spacial score (nSPS) is 20.6. The van der Waals surface area contributed by atoms with E-state index in [0.717, 1.165) is 26.3 Å². The Balaban J connectivity index is 2.08. The van der Waals surface area contributed by atoms with Crippen molar-refractivity contribution in [2.45, 2.75) is 25.8 Å². The van der Waals surface area contributed by atoms with Crippen LogP contribution in [0.3, 0.4) is 0 Å². The molecule has 2 atom stereocenters. The Morgan fingerprint density at radius 2 is 1.83 bits per heavy atom. The Morgan fingerprint density at radius 1 is 1.22 bits per heavy atom. The monoisotopic (exact) mass is 248 g/mol. The smallest absolute Gasteiger partial charge is 0.0594 e. The lowest BCUT2D eigenvalue weighted by Gasteiger charge is -2.37. The molecule has 0 saturated carbocycles.